The van der Waals surface area contributed by atoms with Crippen LogP contribution in [0.2, 0.25) is 0 Å². The number of rotatable bonds is 3. The van der Waals surface area contributed by atoms with Crippen molar-refractivity contribution < 1.29 is 9.53 Å². The fourth-order valence-corrected chi connectivity index (χ4v) is 3.90. The van der Waals surface area contributed by atoms with Gasteiger partial charge in [0.05, 0.1) is 11.9 Å². The molecule has 2 aromatic rings. The van der Waals surface area contributed by atoms with Crippen molar-refractivity contribution in [1.82, 2.24) is 14.5 Å². The van der Waals surface area contributed by atoms with E-state index in [9.17, 15) is 9.59 Å². The van der Waals surface area contributed by atoms with E-state index in [1.54, 1.807) is 30.4 Å². The molecule has 0 spiro atoms. The van der Waals surface area contributed by atoms with Crippen molar-refractivity contribution in [2.45, 2.75) is 39.3 Å². The summed E-state index contributed by atoms with van der Waals surface area (Å²) in [5.41, 5.74) is 0.793. The molecule has 0 saturated carbocycles. The Balaban J connectivity index is 1.66. The summed E-state index contributed by atoms with van der Waals surface area (Å²) in [5.74, 6) is 0.592. The fourth-order valence-electron chi connectivity index (χ4n) is 3.36. The van der Waals surface area contributed by atoms with E-state index in [0.717, 1.165) is 10.2 Å². The van der Waals surface area contributed by atoms with Gasteiger partial charge >= 0.3 is 6.09 Å². The number of halogens is 1. The minimum absolute atomic E-state index is 0.129. The Morgan fingerprint density at radius 2 is 2.03 bits per heavy atom. The SMILES string of the molecule is C[C@H]1CN(C(=O)OC(C)(C)C)CCN1c1ccc(Nc2cc(Br)cn(C)c2=O)nc1. The van der Waals surface area contributed by atoms with Gasteiger partial charge in [-0.2, -0.15) is 0 Å². The van der Waals surface area contributed by atoms with Crippen molar-refractivity contribution in [3.8, 4) is 0 Å². The molecule has 0 radical (unpaired) electrons. The highest BCUT2D eigenvalue weighted by Crippen LogP contribution is 2.23. The van der Waals surface area contributed by atoms with Gasteiger partial charge in [-0.15, -0.1) is 0 Å². The molecule has 0 bridgehead atoms. The number of aryl methyl sites for hydroxylation is 1. The number of carbonyl (C=O) groups is 1. The summed E-state index contributed by atoms with van der Waals surface area (Å²) in [6, 6.07) is 5.68. The predicted molar refractivity (Wildman–Crippen MR) is 122 cm³/mol. The molecule has 8 nitrogen and oxygen atoms in total. The van der Waals surface area contributed by atoms with Gasteiger partial charge in [0.2, 0.25) is 0 Å². The summed E-state index contributed by atoms with van der Waals surface area (Å²) < 4.78 is 7.79. The molecular weight excluding hydrogens is 450 g/mol. The minimum Gasteiger partial charge on any atom is -0.444 e. The number of hydrogen-bond donors (Lipinski definition) is 1. The maximum Gasteiger partial charge on any atom is 0.410 e. The first-order valence-electron chi connectivity index (χ1n) is 9.87. The molecule has 3 rings (SSSR count). The smallest absolute Gasteiger partial charge is 0.410 e. The Kier molecular flexibility index (Phi) is 6.40. The van der Waals surface area contributed by atoms with Crippen LogP contribution in [0, 0.1) is 0 Å². The van der Waals surface area contributed by atoms with Crippen LogP contribution in [0.4, 0.5) is 22.0 Å². The van der Waals surface area contributed by atoms with E-state index in [1.165, 1.54) is 4.57 Å². The van der Waals surface area contributed by atoms with Gasteiger partial charge in [-0.1, -0.05) is 0 Å². The molecule has 1 atom stereocenters. The molecule has 0 aliphatic carbocycles. The van der Waals surface area contributed by atoms with Crippen LogP contribution in [0.1, 0.15) is 27.7 Å². The number of piperazine rings is 1. The molecule has 1 saturated heterocycles. The first kappa shape index (κ1) is 22.1. The Hall–Kier alpha value is -2.55. The van der Waals surface area contributed by atoms with Gasteiger partial charge in [-0.05, 0) is 61.8 Å². The van der Waals surface area contributed by atoms with E-state index in [2.05, 4.69) is 38.1 Å². The highest BCUT2D eigenvalue weighted by Gasteiger charge is 2.30. The maximum atomic E-state index is 12.3. The van der Waals surface area contributed by atoms with Gasteiger partial charge in [0.15, 0.2) is 0 Å². The van der Waals surface area contributed by atoms with Crippen LogP contribution in [0.3, 0.4) is 0 Å². The van der Waals surface area contributed by atoms with E-state index in [-0.39, 0.29) is 17.7 Å². The summed E-state index contributed by atoms with van der Waals surface area (Å²) in [6.07, 6.45) is 3.22. The topological polar surface area (TPSA) is 79.7 Å². The van der Waals surface area contributed by atoms with Crippen LogP contribution < -0.4 is 15.8 Å². The minimum atomic E-state index is -0.500. The number of nitrogens with one attached hydrogen (secondary N) is 1. The third-order valence-corrected chi connectivity index (χ3v) is 5.21. The largest absolute Gasteiger partial charge is 0.444 e. The molecule has 0 aromatic carbocycles. The number of pyridine rings is 2. The normalized spacial score (nSPS) is 17.1. The molecule has 3 heterocycles. The van der Waals surface area contributed by atoms with Crippen LogP contribution in [0.25, 0.3) is 0 Å². The van der Waals surface area contributed by atoms with E-state index in [0.29, 0.717) is 31.1 Å². The van der Waals surface area contributed by atoms with Crippen molar-refractivity contribution in [3.05, 3.63) is 45.4 Å². The lowest BCUT2D eigenvalue weighted by molar-refractivity contribution is 0.0219. The van der Waals surface area contributed by atoms with E-state index in [4.69, 9.17) is 4.74 Å². The third-order valence-electron chi connectivity index (χ3n) is 4.77. The van der Waals surface area contributed by atoms with Crippen LogP contribution in [-0.2, 0) is 11.8 Å². The molecule has 30 heavy (non-hydrogen) atoms. The molecule has 1 aliphatic rings. The summed E-state index contributed by atoms with van der Waals surface area (Å²) in [5, 5.41) is 3.08. The van der Waals surface area contributed by atoms with Crippen molar-refractivity contribution >= 4 is 39.2 Å². The third kappa shape index (κ3) is 5.33. The van der Waals surface area contributed by atoms with Gasteiger partial charge < -0.3 is 24.4 Å². The van der Waals surface area contributed by atoms with Crippen LogP contribution >= 0.6 is 15.9 Å². The predicted octanol–water partition coefficient (Wildman–Crippen LogP) is 3.73. The Bertz CT molecular complexity index is 968. The molecule has 1 amide bonds. The quantitative estimate of drug-likeness (QED) is 0.725. The summed E-state index contributed by atoms with van der Waals surface area (Å²) in [7, 11) is 1.70. The summed E-state index contributed by atoms with van der Waals surface area (Å²) in [4.78, 5) is 33.0. The zero-order valence-electron chi connectivity index (χ0n) is 18.0. The van der Waals surface area contributed by atoms with Crippen molar-refractivity contribution in [2.75, 3.05) is 29.9 Å². The molecular formula is C21H28BrN5O3. The average Bonchev–Trinajstić information content (AvgIpc) is 2.65. The maximum absolute atomic E-state index is 12.3. The van der Waals surface area contributed by atoms with Crippen LogP contribution in [-0.4, -0.2) is 51.8 Å². The summed E-state index contributed by atoms with van der Waals surface area (Å²) in [6.45, 7) is 9.56. The second-order valence-corrected chi connectivity index (χ2v) is 9.40. The number of ether oxygens (including phenoxy) is 1. The van der Waals surface area contributed by atoms with E-state index in [1.807, 2.05) is 32.9 Å². The van der Waals surface area contributed by atoms with Gasteiger partial charge in [0.1, 0.15) is 17.1 Å². The van der Waals surface area contributed by atoms with Crippen LogP contribution in [0.15, 0.2) is 39.9 Å². The van der Waals surface area contributed by atoms with E-state index >= 15 is 0 Å². The Labute approximate surface area is 185 Å². The van der Waals surface area contributed by atoms with Crippen LogP contribution in [0.5, 0.6) is 0 Å². The number of carbonyl (C=O) groups excluding carboxylic acids is 1. The number of amides is 1. The Morgan fingerprint density at radius 3 is 2.63 bits per heavy atom. The van der Waals surface area contributed by atoms with Crippen molar-refractivity contribution in [1.29, 1.82) is 0 Å². The second-order valence-electron chi connectivity index (χ2n) is 8.48. The van der Waals surface area contributed by atoms with Gasteiger partial charge in [-0.3, -0.25) is 4.79 Å². The molecule has 9 heteroatoms. The molecule has 0 unspecified atom stereocenters. The van der Waals surface area contributed by atoms with Crippen molar-refractivity contribution in [3.63, 3.8) is 0 Å². The van der Waals surface area contributed by atoms with Crippen molar-refractivity contribution in [2.24, 2.45) is 7.05 Å². The monoisotopic (exact) mass is 477 g/mol. The number of hydrogen-bond acceptors (Lipinski definition) is 6. The second kappa shape index (κ2) is 8.67. The fraction of sp³-hybridized carbons (Fsp3) is 0.476. The van der Waals surface area contributed by atoms with E-state index < -0.39 is 5.60 Å². The Morgan fingerprint density at radius 1 is 1.30 bits per heavy atom. The summed E-state index contributed by atoms with van der Waals surface area (Å²) >= 11 is 3.40. The number of anilines is 3. The zero-order chi connectivity index (χ0) is 22.1. The highest BCUT2D eigenvalue weighted by molar-refractivity contribution is 9.10. The lowest BCUT2D eigenvalue weighted by Gasteiger charge is -2.41. The van der Waals surface area contributed by atoms with Gasteiger partial charge in [-0.25, -0.2) is 9.78 Å². The molecule has 1 aliphatic heterocycles. The lowest BCUT2D eigenvalue weighted by atomic mass is 10.1. The first-order valence-corrected chi connectivity index (χ1v) is 10.7. The molecule has 1 fully saturated rings. The number of nitrogens with zero attached hydrogens (tertiary/aromatic N) is 4. The number of aromatic nitrogens is 2. The lowest BCUT2D eigenvalue weighted by Crippen LogP contribution is -2.54. The molecule has 1 N–H and O–H groups in total. The van der Waals surface area contributed by atoms with Gasteiger partial charge in [0.25, 0.3) is 5.56 Å². The highest BCUT2D eigenvalue weighted by atomic mass is 79.9. The first-order chi connectivity index (χ1) is 14.0. The standard InChI is InChI=1S/C21H28BrN5O3/c1-14-12-26(20(29)30-21(2,3)4)8-9-27(14)16-6-7-18(23-11-16)24-17-10-15(22)13-25(5)19(17)28/h6-7,10-11,13-14H,8-9,12H2,1-5H3,(H,23,24)/t14-/m0/s1. The molecule has 2 aromatic heterocycles. The average molecular weight is 478 g/mol. The molecule has 162 valence electrons. The zero-order valence-corrected chi connectivity index (χ0v) is 19.6. The van der Waals surface area contributed by atoms with Gasteiger partial charge in [0, 0.05) is 43.4 Å².